The fourth-order valence-corrected chi connectivity index (χ4v) is 2.18. The highest BCUT2D eigenvalue weighted by Crippen LogP contribution is 2.08. The van der Waals surface area contributed by atoms with E-state index in [1.807, 2.05) is 0 Å². The maximum Gasteiger partial charge on any atom is 0.270 e. The van der Waals surface area contributed by atoms with Crippen molar-refractivity contribution in [2.75, 3.05) is 19.6 Å². The molecule has 0 unspecified atom stereocenters. The Morgan fingerprint density at radius 2 is 2.56 bits per heavy atom. The van der Waals surface area contributed by atoms with Gasteiger partial charge in [-0.15, -0.1) is 11.3 Å². The van der Waals surface area contributed by atoms with Gasteiger partial charge in [-0.05, 0) is 19.4 Å². The van der Waals surface area contributed by atoms with Crippen LogP contribution in [-0.4, -0.2) is 30.5 Å². The monoisotopic (exact) mass is 237 g/mol. The van der Waals surface area contributed by atoms with E-state index in [1.165, 1.54) is 16.9 Å². The summed E-state index contributed by atoms with van der Waals surface area (Å²) in [6.45, 7) is 2.70. The van der Waals surface area contributed by atoms with Crippen LogP contribution in [0.1, 0.15) is 23.3 Å². The maximum absolute atomic E-state index is 11.5. The topological polar surface area (TPSA) is 54.0 Å². The predicted molar refractivity (Wildman–Crippen MR) is 64.6 cm³/mol. The molecule has 5 heteroatoms. The van der Waals surface area contributed by atoms with Gasteiger partial charge in [-0.25, -0.2) is 4.98 Å². The number of hydrogen-bond acceptors (Lipinski definition) is 4. The van der Waals surface area contributed by atoms with Crippen molar-refractivity contribution in [3.05, 3.63) is 28.2 Å². The van der Waals surface area contributed by atoms with Gasteiger partial charge in [-0.1, -0.05) is 11.6 Å². The van der Waals surface area contributed by atoms with Crippen LogP contribution < -0.4 is 10.6 Å². The molecule has 86 valence electrons. The number of aromatic nitrogens is 1. The summed E-state index contributed by atoms with van der Waals surface area (Å²) in [5.41, 5.74) is 3.62. The molecule has 1 aromatic rings. The molecule has 0 spiro atoms. The molecule has 0 saturated carbocycles. The van der Waals surface area contributed by atoms with Crippen molar-refractivity contribution in [1.29, 1.82) is 0 Å². The molecule has 0 aromatic carbocycles. The quantitative estimate of drug-likeness (QED) is 0.773. The molecule has 0 bridgehead atoms. The fourth-order valence-electron chi connectivity index (χ4n) is 1.65. The molecule has 4 nitrogen and oxygen atoms in total. The number of rotatable bonds is 4. The van der Waals surface area contributed by atoms with Gasteiger partial charge in [0.05, 0.1) is 5.51 Å². The zero-order valence-corrected chi connectivity index (χ0v) is 9.85. The molecule has 2 heterocycles. The van der Waals surface area contributed by atoms with Crippen LogP contribution in [0.3, 0.4) is 0 Å². The van der Waals surface area contributed by atoms with Crippen molar-refractivity contribution in [3.63, 3.8) is 0 Å². The first-order valence-corrected chi connectivity index (χ1v) is 6.35. The molecular formula is C11H15N3OS. The lowest BCUT2D eigenvalue weighted by molar-refractivity contribution is 0.0950. The van der Waals surface area contributed by atoms with Gasteiger partial charge in [0.25, 0.3) is 5.91 Å². The summed E-state index contributed by atoms with van der Waals surface area (Å²) in [5, 5.41) is 7.90. The first-order valence-electron chi connectivity index (χ1n) is 5.41. The summed E-state index contributed by atoms with van der Waals surface area (Å²) in [4.78, 5) is 15.5. The van der Waals surface area contributed by atoms with E-state index < -0.39 is 0 Å². The van der Waals surface area contributed by atoms with Gasteiger partial charge in [0.1, 0.15) is 5.69 Å². The Morgan fingerprint density at radius 1 is 1.62 bits per heavy atom. The highest BCUT2D eigenvalue weighted by Gasteiger charge is 2.07. The fraction of sp³-hybridized carbons (Fsp3) is 0.455. The average molecular weight is 237 g/mol. The summed E-state index contributed by atoms with van der Waals surface area (Å²) >= 11 is 1.44. The summed E-state index contributed by atoms with van der Waals surface area (Å²) in [7, 11) is 0. The van der Waals surface area contributed by atoms with Crippen molar-refractivity contribution in [1.82, 2.24) is 15.6 Å². The van der Waals surface area contributed by atoms with Crippen LogP contribution >= 0.6 is 11.3 Å². The van der Waals surface area contributed by atoms with E-state index in [0.29, 0.717) is 12.2 Å². The van der Waals surface area contributed by atoms with Crippen LogP contribution in [0, 0.1) is 0 Å². The van der Waals surface area contributed by atoms with E-state index in [9.17, 15) is 4.79 Å². The molecule has 0 fully saturated rings. The molecule has 0 aliphatic carbocycles. The smallest absolute Gasteiger partial charge is 0.270 e. The van der Waals surface area contributed by atoms with Gasteiger partial charge in [0.2, 0.25) is 0 Å². The van der Waals surface area contributed by atoms with Crippen LogP contribution in [0.4, 0.5) is 0 Å². The Balaban J connectivity index is 1.72. The lowest BCUT2D eigenvalue weighted by Gasteiger charge is -2.13. The molecule has 0 radical (unpaired) electrons. The Hall–Kier alpha value is -1.20. The zero-order valence-electron chi connectivity index (χ0n) is 9.03. The van der Waals surface area contributed by atoms with E-state index in [2.05, 4.69) is 21.7 Å². The molecule has 2 N–H and O–H groups in total. The first kappa shape index (κ1) is 11.3. The second-order valence-corrected chi connectivity index (χ2v) is 4.41. The van der Waals surface area contributed by atoms with Gasteiger partial charge in [0, 0.05) is 18.5 Å². The molecular weight excluding hydrogens is 222 g/mol. The number of nitrogens with zero attached hydrogens (tertiary/aromatic N) is 1. The second kappa shape index (κ2) is 5.77. The molecule has 1 aliphatic rings. The molecule has 1 aromatic heterocycles. The highest BCUT2D eigenvalue weighted by molar-refractivity contribution is 7.07. The van der Waals surface area contributed by atoms with Crippen molar-refractivity contribution in [3.8, 4) is 0 Å². The molecule has 0 saturated heterocycles. The lowest BCUT2D eigenvalue weighted by atomic mass is 10.1. The van der Waals surface area contributed by atoms with Crippen molar-refractivity contribution in [2.45, 2.75) is 12.8 Å². The van der Waals surface area contributed by atoms with Crippen LogP contribution in [0.25, 0.3) is 0 Å². The van der Waals surface area contributed by atoms with E-state index in [0.717, 1.165) is 25.9 Å². The molecule has 1 amide bonds. The second-order valence-electron chi connectivity index (χ2n) is 3.70. The summed E-state index contributed by atoms with van der Waals surface area (Å²) in [6, 6.07) is 0. The van der Waals surface area contributed by atoms with Gasteiger partial charge in [-0.2, -0.15) is 0 Å². The van der Waals surface area contributed by atoms with Crippen molar-refractivity contribution in [2.24, 2.45) is 0 Å². The maximum atomic E-state index is 11.5. The normalized spacial score (nSPS) is 15.6. The SMILES string of the molecule is O=C(NCCC1=CCNCC1)c1cscn1. The molecule has 2 rings (SSSR count). The third-order valence-corrected chi connectivity index (χ3v) is 3.14. The number of carbonyl (C=O) groups excluding carboxylic acids is 1. The third-order valence-electron chi connectivity index (χ3n) is 2.55. The minimum absolute atomic E-state index is 0.0733. The largest absolute Gasteiger partial charge is 0.350 e. The Labute approximate surface area is 98.8 Å². The summed E-state index contributed by atoms with van der Waals surface area (Å²) in [6.07, 6.45) is 4.24. The number of amides is 1. The Kier molecular flexibility index (Phi) is 4.07. The molecule has 0 atom stereocenters. The van der Waals surface area contributed by atoms with Crippen LogP contribution in [0.2, 0.25) is 0 Å². The lowest BCUT2D eigenvalue weighted by Crippen LogP contribution is -2.26. The Bertz CT molecular complexity index is 373. The predicted octanol–water partition coefficient (Wildman–Crippen LogP) is 1.18. The Morgan fingerprint density at radius 3 is 3.25 bits per heavy atom. The first-order chi connectivity index (χ1) is 7.86. The van der Waals surface area contributed by atoms with Gasteiger partial charge in [-0.3, -0.25) is 4.79 Å². The minimum atomic E-state index is -0.0733. The highest BCUT2D eigenvalue weighted by atomic mass is 32.1. The van der Waals surface area contributed by atoms with Crippen LogP contribution in [0.5, 0.6) is 0 Å². The minimum Gasteiger partial charge on any atom is -0.350 e. The standard InChI is InChI=1S/C11H15N3OS/c15-11(10-7-16-8-14-10)13-6-3-9-1-4-12-5-2-9/h1,7-8,12H,2-6H2,(H,13,15). The van der Waals surface area contributed by atoms with E-state index in [1.54, 1.807) is 10.9 Å². The van der Waals surface area contributed by atoms with Crippen molar-refractivity contribution < 1.29 is 4.79 Å². The van der Waals surface area contributed by atoms with Gasteiger partial charge < -0.3 is 10.6 Å². The van der Waals surface area contributed by atoms with E-state index >= 15 is 0 Å². The third kappa shape index (κ3) is 3.15. The number of carbonyl (C=O) groups is 1. The summed E-state index contributed by atoms with van der Waals surface area (Å²) < 4.78 is 0. The molecule has 1 aliphatic heterocycles. The van der Waals surface area contributed by atoms with Crippen molar-refractivity contribution >= 4 is 17.2 Å². The van der Waals surface area contributed by atoms with Gasteiger partial charge in [0.15, 0.2) is 0 Å². The average Bonchev–Trinajstić information content (AvgIpc) is 2.84. The number of hydrogen-bond donors (Lipinski definition) is 2. The number of nitrogens with one attached hydrogen (secondary N) is 2. The van der Waals surface area contributed by atoms with E-state index in [-0.39, 0.29) is 5.91 Å². The van der Waals surface area contributed by atoms with Crippen LogP contribution in [-0.2, 0) is 0 Å². The summed E-state index contributed by atoms with van der Waals surface area (Å²) in [5.74, 6) is -0.0733. The number of thiazole rings is 1. The molecule has 16 heavy (non-hydrogen) atoms. The zero-order chi connectivity index (χ0) is 11.2. The van der Waals surface area contributed by atoms with Crippen LogP contribution in [0.15, 0.2) is 22.5 Å². The van der Waals surface area contributed by atoms with E-state index in [4.69, 9.17) is 0 Å². The van der Waals surface area contributed by atoms with Gasteiger partial charge >= 0.3 is 0 Å².